The zero-order chi connectivity index (χ0) is 17.7. The minimum atomic E-state index is 0.819. The number of thiophene rings is 1. The first-order chi connectivity index (χ1) is 12.7. The van der Waals surface area contributed by atoms with Gasteiger partial charge in [-0.15, -0.1) is 11.3 Å². The normalized spacial score (nSPS) is 19.4. The van der Waals surface area contributed by atoms with Crippen LogP contribution in [-0.4, -0.2) is 4.98 Å². The summed E-state index contributed by atoms with van der Waals surface area (Å²) < 4.78 is 0. The lowest BCUT2D eigenvalue weighted by molar-refractivity contribution is 0.441. The first-order valence-electron chi connectivity index (χ1n) is 10.3. The first kappa shape index (κ1) is 16.5. The molecule has 26 heavy (non-hydrogen) atoms. The zero-order valence-corrected chi connectivity index (χ0v) is 16.7. The van der Waals surface area contributed by atoms with Crippen molar-refractivity contribution in [2.45, 2.75) is 65.2 Å². The molecule has 0 amide bonds. The average molecular weight is 362 g/mol. The molecule has 0 radical (unpaired) electrons. The molecule has 2 aliphatic rings. The quantitative estimate of drug-likeness (QED) is 0.497. The Kier molecular flexibility index (Phi) is 4.12. The van der Waals surface area contributed by atoms with E-state index in [2.05, 4.69) is 38.1 Å². The number of pyridine rings is 1. The highest BCUT2D eigenvalue weighted by atomic mass is 32.1. The van der Waals surface area contributed by atoms with Crippen molar-refractivity contribution in [2.24, 2.45) is 5.92 Å². The van der Waals surface area contributed by atoms with E-state index in [4.69, 9.17) is 4.98 Å². The van der Waals surface area contributed by atoms with E-state index >= 15 is 0 Å². The number of benzene rings is 1. The molecule has 0 fully saturated rings. The number of nitrogens with zero attached hydrogens (tertiary/aromatic N) is 1. The van der Waals surface area contributed by atoms with Gasteiger partial charge in [-0.25, -0.2) is 4.98 Å². The zero-order valence-electron chi connectivity index (χ0n) is 15.9. The molecule has 1 nitrogen and oxygen atoms in total. The maximum absolute atomic E-state index is 5.22. The Labute approximate surface area is 160 Å². The third-order valence-electron chi connectivity index (χ3n) is 6.46. The van der Waals surface area contributed by atoms with Gasteiger partial charge in [0.05, 0.1) is 0 Å². The molecule has 0 spiro atoms. The van der Waals surface area contributed by atoms with Crippen LogP contribution in [-0.2, 0) is 25.7 Å². The summed E-state index contributed by atoms with van der Waals surface area (Å²) in [5.74, 6) is 0.819. The van der Waals surface area contributed by atoms with Crippen molar-refractivity contribution in [3.05, 3.63) is 51.5 Å². The number of rotatable bonds is 2. The Morgan fingerprint density at radius 3 is 2.85 bits per heavy atom. The van der Waals surface area contributed by atoms with E-state index in [0.29, 0.717) is 0 Å². The van der Waals surface area contributed by atoms with Gasteiger partial charge in [0.25, 0.3) is 0 Å². The SMILES string of the molecule is CCC1CCc2nc3sc4c(c3c(-c3cccc(C)c3)c2C1)CCCC4. The summed E-state index contributed by atoms with van der Waals surface area (Å²) >= 11 is 1.98. The Bertz CT molecular complexity index is 982. The molecule has 1 aromatic carbocycles. The Hall–Kier alpha value is -1.67. The molecule has 2 aromatic heterocycles. The topological polar surface area (TPSA) is 12.9 Å². The molecule has 0 aliphatic heterocycles. The lowest BCUT2D eigenvalue weighted by Crippen LogP contribution is -2.16. The number of fused-ring (bicyclic) bond motifs is 4. The van der Waals surface area contributed by atoms with Gasteiger partial charge in [-0.2, -0.15) is 0 Å². The second-order valence-electron chi connectivity index (χ2n) is 8.19. The fraction of sp³-hybridized carbons (Fsp3) is 0.458. The standard InChI is InChI=1S/C24H27NS/c1-3-16-11-12-20-19(14-16)22(17-8-6-7-15(2)13-17)23-18-9-4-5-10-21(18)26-24(23)25-20/h6-8,13,16H,3-5,9-12,14H2,1-2H3. The predicted octanol–water partition coefficient (Wildman–Crippen LogP) is 6.67. The van der Waals surface area contributed by atoms with Crippen LogP contribution in [0.3, 0.4) is 0 Å². The smallest absolute Gasteiger partial charge is 0.124 e. The van der Waals surface area contributed by atoms with Crippen molar-refractivity contribution >= 4 is 21.6 Å². The van der Waals surface area contributed by atoms with Crippen molar-refractivity contribution in [1.29, 1.82) is 0 Å². The van der Waals surface area contributed by atoms with Crippen LogP contribution in [0.4, 0.5) is 0 Å². The van der Waals surface area contributed by atoms with Gasteiger partial charge in [0.2, 0.25) is 0 Å². The molecule has 0 N–H and O–H groups in total. The van der Waals surface area contributed by atoms with Gasteiger partial charge in [-0.3, -0.25) is 0 Å². The molecular formula is C24H27NS. The molecule has 2 heterocycles. The Balaban J connectivity index is 1.84. The molecule has 1 atom stereocenters. The van der Waals surface area contributed by atoms with Crippen molar-refractivity contribution in [1.82, 2.24) is 4.98 Å². The maximum Gasteiger partial charge on any atom is 0.124 e. The van der Waals surface area contributed by atoms with Gasteiger partial charge in [0, 0.05) is 16.0 Å². The Morgan fingerprint density at radius 2 is 2.00 bits per heavy atom. The third kappa shape index (κ3) is 2.62. The van der Waals surface area contributed by atoms with Crippen LogP contribution in [0.2, 0.25) is 0 Å². The van der Waals surface area contributed by atoms with Gasteiger partial charge in [-0.05, 0) is 80.0 Å². The van der Waals surface area contributed by atoms with Gasteiger partial charge in [0.15, 0.2) is 0 Å². The summed E-state index contributed by atoms with van der Waals surface area (Å²) in [5, 5.41) is 1.51. The van der Waals surface area contributed by atoms with Gasteiger partial charge in [0.1, 0.15) is 4.83 Å². The number of hydrogen-bond acceptors (Lipinski definition) is 2. The average Bonchev–Trinajstić information content (AvgIpc) is 3.03. The van der Waals surface area contributed by atoms with Gasteiger partial charge >= 0.3 is 0 Å². The molecule has 5 rings (SSSR count). The molecule has 134 valence electrons. The van der Waals surface area contributed by atoms with Crippen LogP contribution in [0.25, 0.3) is 21.3 Å². The fourth-order valence-electron chi connectivity index (χ4n) is 5.00. The summed E-state index contributed by atoms with van der Waals surface area (Å²) in [6.45, 7) is 4.56. The minimum absolute atomic E-state index is 0.819. The van der Waals surface area contributed by atoms with Crippen molar-refractivity contribution < 1.29 is 0 Å². The molecule has 2 aliphatic carbocycles. The van der Waals surface area contributed by atoms with Gasteiger partial charge < -0.3 is 0 Å². The van der Waals surface area contributed by atoms with E-state index in [9.17, 15) is 0 Å². The van der Waals surface area contributed by atoms with E-state index in [1.54, 1.807) is 16.0 Å². The number of aryl methyl sites for hydroxylation is 4. The van der Waals surface area contributed by atoms with Crippen molar-refractivity contribution in [3.8, 4) is 11.1 Å². The molecule has 0 saturated heterocycles. The van der Waals surface area contributed by atoms with E-state index in [1.165, 1.54) is 77.5 Å². The highest BCUT2D eigenvalue weighted by Gasteiger charge is 2.27. The summed E-state index contributed by atoms with van der Waals surface area (Å²) in [7, 11) is 0. The van der Waals surface area contributed by atoms with E-state index in [1.807, 2.05) is 11.3 Å². The van der Waals surface area contributed by atoms with Crippen LogP contribution < -0.4 is 0 Å². The molecule has 0 bridgehead atoms. The fourth-order valence-corrected chi connectivity index (χ4v) is 6.29. The molecule has 3 aromatic rings. The molecule has 0 saturated carbocycles. The van der Waals surface area contributed by atoms with Crippen LogP contribution in [0.5, 0.6) is 0 Å². The van der Waals surface area contributed by atoms with E-state index < -0.39 is 0 Å². The van der Waals surface area contributed by atoms with E-state index in [0.717, 1.165) is 12.3 Å². The van der Waals surface area contributed by atoms with E-state index in [-0.39, 0.29) is 0 Å². The number of aromatic nitrogens is 1. The maximum atomic E-state index is 5.22. The lowest BCUT2D eigenvalue weighted by atomic mass is 9.80. The minimum Gasteiger partial charge on any atom is -0.242 e. The van der Waals surface area contributed by atoms with Crippen LogP contribution in [0, 0.1) is 12.8 Å². The summed E-state index contributed by atoms with van der Waals surface area (Å²) in [6, 6.07) is 9.15. The molecular weight excluding hydrogens is 334 g/mol. The number of hydrogen-bond donors (Lipinski definition) is 0. The first-order valence-corrected chi connectivity index (χ1v) is 11.1. The van der Waals surface area contributed by atoms with Crippen LogP contribution in [0.15, 0.2) is 24.3 Å². The Morgan fingerprint density at radius 1 is 1.12 bits per heavy atom. The van der Waals surface area contributed by atoms with Crippen LogP contribution >= 0.6 is 11.3 Å². The molecule has 2 heteroatoms. The second kappa shape index (κ2) is 6.49. The van der Waals surface area contributed by atoms with Gasteiger partial charge in [-0.1, -0.05) is 43.2 Å². The van der Waals surface area contributed by atoms with Crippen molar-refractivity contribution in [3.63, 3.8) is 0 Å². The highest BCUT2D eigenvalue weighted by Crippen LogP contribution is 2.45. The summed E-state index contributed by atoms with van der Waals surface area (Å²) in [6.07, 6.45) is 10.1. The lowest BCUT2D eigenvalue weighted by Gasteiger charge is -2.26. The van der Waals surface area contributed by atoms with Crippen molar-refractivity contribution in [2.75, 3.05) is 0 Å². The third-order valence-corrected chi connectivity index (χ3v) is 7.64. The second-order valence-corrected chi connectivity index (χ2v) is 9.27. The predicted molar refractivity (Wildman–Crippen MR) is 112 cm³/mol. The largest absolute Gasteiger partial charge is 0.242 e. The highest BCUT2D eigenvalue weighted by molar-refractivity contribution is 7.19. The summed E-state index contributed by atoms with van der Waals surface area (Å²) in [4.78, 5) is 8.14. The molecule has 1 unspecified atom stereocenters. The van der Waals surface area contributed by atoms with Crippen LogP contribution in [0.1, 0.15) is 59.9 Å². The monoisotopic (exact) mass is 361 g/mol. The summed E-state index contributed by atoms with van der Waals surface area (Å²) in [5.41, 5.74) is 8.88.